The first-order valence-electron chi connectivity index (χ1n) is 7.56. The van der Waals surface area contributed by atoms with Crippen LogP contribution in [0.1, 0.15) is 22.2 Å². The molecule has 0 spiro atoms. The van der Waals surface area contributed by atoms with Crippen LogP contribution >= 0.6 is 0 Å². The summed E-state index contributed by atoms with van der Waals surface area (Å²) < 4.78 is 17.2. The third kappa shape index (κ3) is 3.10. The molecule has 1 aromatic heterocycles. The number of hydrogen-bond donors (Lipinski definition) is 1. The van der Waals surface area contributed by atoms with Gasteiger partial charge in [0.1, 0.15) is 19.0 Å². The smallest absolute Gasteiger partial charge is 0.337 e. The SMILES string of the molecule is COCC(=O)NC[C@H]1COCc2nc3cc(C(=O)OC)ccc3n21. The summed E-state index contributed by atoms with van der Waals surface area (Å²) in [5, 5.41) is 2.82. The summed E-state index contributed by atoms with van der Waals surface area (Å²) in [4.78, 5) is 27.8. The number of benzene rings is 1. The van der Waals surface area contributed by atoms with Gasteiger partial charge in [-0.15, -0.1) is 0 Å². The maximum atomic E-state index is 11.7. The Labute approximate surface area is 138 Å². The molecule has 1 amide bonds. The average molecular weight is 333 g/mol. The second kappa shape index (κ2) is 6.98. The minimum atomic E-state index is -0.400. The van der Waals surface area contributed by atoms with Crippen molar-refractivity contribution in [2.24, 2.45) is 0 Å². The Morgan fingerprint density at radius 1 is 1.42 bits per heavy atom. The zero-order valence-electron chi connectivity index (χ0n) is 13.6. The molecule has 1 aliphatic rings. The van der Waals surface area contributed by atoms with Crippen molar-refractivity contribution in [3.05, 3.63) is 29.6 Å². The molecule has 128 valence electrons. The van der Waals surface area contributed by atoms with Crippen molar-refractivity contribution < 1.29 is 23.8 Å². The van der Waals surface area contributed by atoms with E-state index in [2.05, 4.69) is 10.3 Å². The lowest BCUT2D eigenvalue weighted by Gasteiger charge is -2.26. The number of hydrogen-bond acceptors (Lipinski definition) is 6. The minimum absolute atomic E-state index is 0.0214. The van der Waals surface area contributed by atoms with Crippen LogP contribution in [0.15, 0.2) is 18.2 Å². The maximum absolute atomic E-state index is 11.7. The Hall–Kier alpha value is -2.45. The van der Waals surface area contributed by atoms with Crippen LogP contribution in [0.25, 0.3) is 11.0 Å². The number of esters is 1. The van der Waals surface area contributed by atoms with Gasteiger partial charge < -0.3 is 24.1 Å². The van der Waals surface area contributed by atoms with E-state index < -0.39 is 5.97 Å². The fourth-order valence-corrected chi connectivity index (χ4v) is 2.83. The number of rotatable bonds is 5. The van der Waals surface area contributed by atoms with Crippen molar-refractivity contribution in [1.82, 2.24) is 14.9 Å². The van der Waals surface area contributed by atoms with Crippen LogP contribution in [0.2, 0.25) is 0 Å². The number of ether oxygens (including phenoxy) is 3. The van der Waals surface area contributed by atoms with E-state index in [4.69, 9.17) is 14.2 Å². The molecule has 1 atom stereocenters. The van der Waals surface area contributed by atoms with E-state index in [1.807, 2.05) is 10.6 Å². The van der Waals surface area contributed by atoms with E-state index in [-0.39, 0.29) is 18.6 Å². The van der Waals surface area contributed by atoms with Crippen molar-refractivity contribution in [2.75, 3.05) is 34.0 Å². The van der Waals surface area contributed by atoms with Gasteiger partial charge in [-0.3, -0.25) is 4.79 Å². The number of amides is 1. The second-order valence-corrected chi connectivity index (χ2v) is 5.50. The standard InChI is InChI=1S/C16H19N3O5/c1-22-9-15(20)17-6-11-7-24-8-14-18-12-5-10(16(21)23-2)3-4-13(12)19(11)14/h3-5,11H,6-9H2,1-2H3,(H,17,20)/t11-/m0/s1. The van der Waals surface area contributed by atoms with E-state index in [1.165, 1.54) is 14.2 Å². The van der Waals surface area contributed by atoms with Crippen molar-refractivity contribution in [2.45, 2.75) is 12.6 Å². The Balaban J connectivity index is 1.88. The molecule has 2 aromatic rings. The lowest BCUT2D eigenvalue weighted by molar-refractivity contribution is -0.125. The lowest BCUT2D eigenvalue weighted by Crippen LogP contribution is -2.37. The van der Waals surface area contributed by atoms with Crippen LogP contribution in [0, 0.1) is 0 Å². The molecule has 0 saturated carbocycles. The number of fused-ring (bicyclic) bond motifs is 3. The van der Waals surface area contributed by atoms with Gasteiger partial charge in [0.15, 0.2) is 0 Å². The molecule has 0 aliphatic carbocycles. The molecule has 1 N–H and O–H groups in total. The fourth-order valence-electron chi connectivity index (χ4n) is 2.83. The third-order valence-electron chi connectivity index (χ3n) is 3.90. The molecular formula is C16H19N3O5. The van der Waals surface area contributed by atoms with E-state index in [0.29, 0.717) is 30.8 Å². The normalized spacial score (nSPS) is 16.7. The third-order valence-corrected chi connectivity index (χ3v) is 3.90. The molecule has 1 aromatic carbocycles. The predicted octanol–water partition coefficient (Wildman–Crippen LogP) is 0.657. The van der Waals surface area contributed by atoms with Crippen LogP contribution in [0.4, 0.5) is 0 Å². The quantitative estimate of drug-likeness (QED) is 0.808. The molecule has 0 saturated heterocycles. The summed E-state index contributed by atoms with van der Waals surface area (Å²) in [6.07, 6.45) is 0. The first kappa shape index (κ1) is 16.4. The summed E-state index contributed by atoms with van der Waals surface area (Å²) in [7, 11) is 2.82. The van der Waals surface area contributed by atoms with Crippen LogP contribution < -0.4 is 5.32 Å². The summed E-state index contributed by atoms with van der Waals surface area (Å²) in [5.41, 5.74) is 2.05. The highest BCUT2D eigenvalue weighted by Crippen LogP contribution is 2.26. The van der Waals surface area contributed by atoms with Crippen molar-refractivity contribution in [3.63, 3.8) is 0 Å². The van der Waals surface area contributed by atoms with Gasteiger partial charge in [-0.1, -0.05) is 0 Å². The van der Waals surface area contributed by atoms with Crippen molar-refractivity contribution in [1.29, 1.82) is 0 Å². The summed E-state index contributed by atoms with van der Waals surface area (Å²) in [6.45, 7) is 1.31. The van der Waals surface area contributed by atoms with Crippen LogP contribution in [0.5, 0.6) is 0 Å². The minimum Gasteiger partial charge on any atom is -0.465 e. The number of nitrogens with zero attached hydrogens (tertiary/aromatic N) is 2. The van der Waals surface area contributed by atoms with Crippen LogP contribution in [-0.4, -0.2) is 55.4 Å². The first-order chi connectivity index (χ1) is 11.6. The van der Waals surface area contributed by atoms with E-state index in [0.717, 1.165) is 11.3 Å². The summed E-state index contributed by atoms with van der Waals surface area (Å²) in [6, 6.07) is 5.18. The van der Waals surface area contributed by atoms with Crippen molar-refractivity contribution in [3.8, 4) is 0 Å². The second-order valence-electron chi connectivity index (χ2n) is 5.50. The van der Waals surface area contributed by atoms with Crippen LogP contribution in [0.3, 0.4) is 0 Å². The monoisotopic (exact) mass is 333 g/mol. The maximum Gasteiger partial charge on any atom is 0.337 e. The molecule has 0 bridgehead atoms. The van der Waals surface area contributed by atoms with Gasteiger partial charge in [-0.2, -0.15) is 0 Å². The predicted molar refractivity (Wildman–Crippen MR) is 84.7 cm³/mol. The molecule has 8 nitrogen and oxygen atoms in total. The Bertz CT molecular complexity index is 770. The molecule has 0 radical (unpaired) electrons. The molecule has 3 rings (SSSR count). The molecule has 2 heterocycles. The molecule has 8 heteroatoms. The lowest BCUT2D eigenvalue weighted by atomic mass is 10.2. The van der Waals surface area contributed by atoms with E-state index in [1.54, 1.807) is 12.1 Å². The van der Waals surface area contributed by atoms with Gasteiger partial charge in [0.25, 0.3) is 0 Å². The number of aromatic nitrogens is 2. The molecule has 1 aliphatic heterocycles. The zero-order valence-corrected chi connectivity index (χ0v) is 13.6. The molecule has 24 heavy (non-hydrogen) atoms. The van der Waals surface area contributed by atoms with Gasteiger partial charge in [0, 0.05) is 13.7 Å². The number of carbonyl (C=O) groups excluding carboxylic acids is 2. The molecular weight excluding hydrogens is 314 g/mol. The van der Waals surface area contributed by atoms with Gasteiger partial charge in [-0.05, 0) is 18.2 Å². The highest BCUT2D eigenvalue weighted by atomic mass is 16.5. The van der Waals surface area contributed by atoms with E-state index >= 15 is 0 Å². The zero-order chi connectivity index (χ0) is 17.1. The fraction of sp³-hybridized carbons (Fsp3) is 0.438. The highest BCUT2D eigenvalue weighted by molar-refractivity contribution is 5.93. The molecule has 0 unspecified atom stereocenters. The van der Waals surface area contributed by atoms with Gasteiger partial charge in [0.05, 0.1) is 36.4 Å². The summed E-state index contributed by atoms with van der Waals surface area (Å²) in [5.74, 6) is 0.189. The van der Waals surface area contributed by atoms with Gasteiger partial charge >= 0.3 is 5.97 Å². The average Bonchev–Trinajstić information content (AvgIpc) is 2.97. The Morgan fingerprint density at radius 2 is 2.25 bits per heavy atom. The van der Waals surface area contributed by atoms with Crippen LogP contribution in [-0.2, 0) is 25.6 Å². The van der Waals surface area contributed by atoms with Gasteiger partial charge in [0.2, 0.25) is 5.91 Å². The van der Waals surface area contributed by atoms with Crippen molar-refractivity contribution >= 4 is 22.9 Å². The number of nitrogens with one attached hydrogen (secondary N) is 1. The van der Waals surface area contributed by atoms with Gasteiger partial charge in [-0.25, -0.2) is 9.78 Å². The Morgan fingerprint density at radius 3 is 3.00 bits per heavy atom. The molecule has 0 fully saturated rings. The first-order valence-corrected chi connectivity index (χ1v) is 7.56. The Kier molecular flexibility index (Phi) is 4.77. The number of methoxy groups -OCH3 is 2. The highest BCUT2D eigenvalue weighted by Gasteiger charge is 2.25. The number of carbonyl (C=O) groups is 2. The topological polar surface area (TPSA) is 91.7 Å². The number of imidazole rings is 1. The van der Waals surface area contributed by atoms with E-state index in [9.17, 15) is 9.59 Å². The largest absolute Gasteiger partial charge is 0.465 e. The summed E-state index contributed by atoms with van der Waals surface area (Å²) >= 11 is 0.